The van der Waals surface area contributed by atoms with Gasteiger partial charge in [0.15, 0.2) is 11.6 Å². The third kappa shape index (κ3) is 5.01. The van der Waals surface area contributed by atoms with Gasteiger partial charge in [-0.2, -0.15) is 0 Å². The van der Waals surface area contributed by atoms with E-state index >= 15 is 0 Å². The maximum atomic E-state index is 12.6. The van der Waals surface area contributed by atoms with Gasteiger partial charge in [-0.05, 0) is 24.3 Å². The van der Waals surface area contributed by atoms with E-state index in [1.54, 1.807) is 48.5 Å². The maximum Gasteiger partial charge on any atom is 0.241 e. The van der Waals surface area contributed by atoms with Gasteiger partial charge in [0.25, 0.3) is 0 Å². The number of phenols is 2. The molecular weight excluding hydrogens is 398 g/mol. The van der Waals surface area contributed by atoms with Crippen molar-refractivity contribution in [2.75, 3.05) is 39.4 Å². The summed E-state index contributed by atoms with van der Waals surface area (Å²) in [6.07, 6.45) is 0. The number of amides is 1. The number of phenolic OH excluding ortho intramolecular Hbond substituents is 2. The molecule has 1 aliphatic rings. The lowest BCUT2D eigenvalue weighted by atomic mass is 10.2. The van der Waals surface area contributed by atoms with Crippen molar-refractivity contribution < 1.29 is 19.7 Å². The summed E-state index contributed by atoms with van der Waals surface area (Å²) in [6, 6.07) is 13.5. The molecule has 1 saturated heterocycles. The Morgan fingerprint density at radius 2 is 1.65 bits per heavy atom. The van der Waals surface area contributed by atoms with Gasteiger partial charge in [0.2, 0.25) is 5.91 Å². The summed E-state index contributed by atoms with van der Waals surface area (Å²) < 4.78 is 6.78. The summed E-state index contributed by atoms with van der Waals surface area (Å²) >= 11 is 0. The summed E-state index contributed by atoms with van der Waals surface area (Å²) in [5.74, 6) is 0.488. The van der Waals surface area contributed by atoms with Crippen LogP contribution >= 0.6 is 0 Å². The minimum Gasteiger partial charge on any atom is -0.507 e. The Labute approximate surface area is 179 Å². The monoisotopic (exact) mass is 423 g/mol. The zero-order valence-electron chi connectivity index (χ0n) is 17.1. The van der Waals surface area contributed by atoms with Crippen LogP contribution in [-0.2, 0) is 16.1 Å². The summed E-state index contributed by atoms with van der Waals surface area (Å²) in [5.41, 5.74) is 0.906. The number of ether oxygens (including phenoxy) is 1. The number of nitrogens with one attached hydrogen (secondary N) is 1. The molecule has 4 rings (SSSR count). The second-order valence-electron chi connectivity index (χ2n) is 7.25. The van der Waals surface area contributed by atoms with Crippen LogP contribution in [-0.4, -0.2) is 75.2 Å². The van der Waals surface area contributed by atoms with E-state index < -0.39 is 0 Å². The Kier molecular flexibility index (Phi) is 6.44. The van der Waals surface area contributed by atoms with E-state index in [9.17, 15) is 15.0 Å². The quantitative estimate of drug-likeness (QED) is 0.527. The molecule has 0 bridgehead atoms. The molecule has 0 spiro atoms. The molecule has 9 heteroatoms. The first-order valence-electron chi connectivity index (χ1n) is 10.2. The van der Waals surface area contributed by atoms with Gasteiger partial charge in [0.05, 0.1) is 24.3 Å². The standard InChI is InChI=1S/C22H25N5O4/c28-18-7-3-1-5-16(18)21-24-22(17-6-2-4-8-19(17)29)27(25-21)15-20(30)23-9-10-26-11-13-31-14-12-26/h1-8,28-29H,9-15H2,(H,23,30). The average molecular weight is 423 g/mol. The largest absolute Gasteiger partial charge is 0.507 e. The highest BCUT2D eigenvalue weighted by Crippen LogP contribution is 2.31. The molecule has 1 amide bonds. The molecule has 1 fully saturated rings. The van der Waals surface area contributed by atoms with Crippen molar-refractivity contribution in [2.24, 2.45) is 0 Å². The van der Waals surface area contributed by atoms with Crippen LogP contribution in [0.5, 0.6) is 11.5 Å². The van der Waals surface area contributed by atoms with Gasteiger partial charge in [0, 0.05) is 26.2 Å². The molecule has 162 valence electrons. The highest BCUT2D eigenvalue weighted by Gasteiger charge is 2.19. The predicted molar refractivity (Wildman–Crippen MR) is 114 cm³/mol. The molecule has 0 unspecified atom stereocenters. The fraction of sp³-hybridized carbons (Fsp3) is 0.318. The molecule has 9 nitrogen and oxygen atoms in total. The lowest BCUT2D eigenvalue weighted by Gasteiger charge is -2.26. The Morgan fingerprint density at radius 1 is 1.00 bits per heavy atom. The van der Waals surface area contributed by atoms with Crippen LogP contribution < -0.4 is 5.32 Å². The highest BCUT2D eigenvalue weighted by molar-refractivity contribution is 5.77. The molecule has 0 atom stereocenters. The predicted octanol–water partition coefficient (Wildman–Crippen LogP) is 1.47. The summed E-state index contributed by atoms with van der Waals surface area (Å²) in [6.45, 7) is 4.36. The molecule has 2 heterocycles. The number of carbonyl (C=O) groups excluding carboxylic acids is 1. The van der Waals surface area contributed by atoms with Crippen LogP contribution in [0, 0.1) is 0 Å². The first kappa shape index (κ1) is 20.8. The Hall–Kier alpha value is -3.43. The Bertz CT molecular complexity index is 1050. The fourth-order valence-corrected chi connectivity index (χ4v) is 3.46. The van der Waals surface area contributed by atoms with Gasteiger partial charge >= 0.3 is 0 Å². The van der Waals surface area contributed by atoms with E-state index in [1.807, 2.05) is 0 Å². The Morgan fingerprint density at radius 3 is 2.32 bits per heavy atom. The maximum absolute atomic E-state index is 12.6. The van der Waals surface area contributed by atoms with Gasteiger partial charge in [-0.3, -0.25) is 9.69 Å². The number of carbonyl (C=O) groups is 1. The van der Waals surface area contributed by atoms with E-state index in [4.69, 9.17) is 4.74 Å². The molecule has 0 aliphatic carbocycles. The van der Waals surface area contributed by atoms with Gasteiger partial charge in [-0.15, -0.1) is 5.10 Å². The molecule has 1 aromatic heterocycles. The molecule has 31 heavy (non-hydrogen) atoms. The minimum atomic E-state index is -0.210. The van der Waals surface area contributed by atoms with Crippen molar-refractivity contribution >= 4 is 5.91 Å². The molecule has 3 N–H and O–H groups in total. The summed E-state index contributed by atoms with van der Waals surface area (Å²) in [7, 11) is 0. The number of para-hydroxylation sites is 2. The number of aromatic nitrogens is 3. The number of hydrogen-bond acceptors (Lipinski definition) is 7. The van der Waals surface area contributed by atoms with Crippen LogP contribution in [0.4, 0.5) is 0 Å². The van der Waals surface area contributed by atoms with Crippen molar-refractivity contribution in [3.63, 3.8) is 0 Å². The third-order valence-corrected chi connectivity index (χ3v) is 5.11. The van der Waals surface area contributed by atoms with E-state index in [-0.39, 0.29) is 29.8 Å². The number of hydrogen-bond donors (Lipinski definition) is 3. The van der Waals surface area contributed by atoms with Gasteiger partial charge in [0.1, 0.15) is 18.0 Å². The smallest absolute Gasteiger partial charge is 0.241 e. The zero-order valence-corrected chi connectivity index (χ0v) is 17.1. The minimum absolute atomic E-state index is 0.0349. The number of aromatic hydroxyl groups is 2. The van der Waals surface area contributed by atoms with Crippen molar-refractivity contribution in [3.8, 4) is 34.3 Å². The molecule has 3 aromatic rings. The lowest BCUT2D eigenvalue weighted by molar-refractivity contribution is -0.121. The van der Waals surface area contributed by atoms with Gasteiger partial charge in [-0.25, -0.2) is 9.67 Å². The number of nitrogens with zero attached hydrogens (tertiary/aromatic N) is 4. The first-order valence-corrected chi connectivity index (χ1v) is 10.2. The summed E-state index contributed by atoms with van der Waals surface area (Å²) in [4.78, 5) is 19.3. The number of morpholine rings is 1. The first-order chi connectivity index (χ1) is 15.1. The lowest BCUT2D eigenvalue weighted by Crippen LogP contribution is -2.41. The molecule has 2 aromatic carbocycles. The highest BCUT2D eigenvalue weighted by atomic mass is 16.5. The van der Waals surface area contributed by atoms with E-state index in [0.29, 0.717) is 36.7 Å². The van der Waals surface area contributed by atoms with Crippen LogP contribution in [0.2, 0.25) is 0 Å². The van der Waals surface area contributed by atoms with Crippen LogP contribution in [0.25, 0.3) is 22.8 Å². The van der Waals surface area contributed by atoms with E-state index in [0.717, 1.165) is 19.6 Å². The second kappa shape index (κ2) is 9.59. The topological polar surface area (TPSA) is 113 Å². The van der Waals surface area contributed by atoms with Crippen LogP contribution in [0.15, 0.2) is 48.5 Å². The van der Waals surface area contributed by atoms with Crippen molar-refractivity contribution in [1.29, 1.82) is 0 Å². The number of benzene rings is 2. The normalized spacial score (nSPS) is 14.5. The van der Waals surface area contributed by atoms with Crippen LogP contribution in [0.3, 0.4) is 0 Å². The Balaban J connectivity index is 1.53. The van der Waals surface area contributed by atoms with Crippen molar-refractivity contribution in [1.82, 2.24) is 25.0 Å². The zero-order chi connectivity index (χ0) is 21.6. The van der Waals surface area contributed by atoms with Crippen LogP contribution in [0.1, 0.15) is 0 Å². The third-order valence-electron chi connectivity index (χ3n) is 5.11. The molecule has 1 aliphatic heterocycles. The summed E-state index contributed by atoms with van der Waals surface area (Å²) in [5, 5.41) is 27.8. The molecule has 0 radical (unpaired) electrons. The molecule has 0 saturated carbocycles. The molecular formula is C22H25N5O4. The number of rotatable bonds is 7. The SMILES string of the molecule is O=C(Cn1nc(-c2ccccc2O)nc1-c1ccccc1O)NCCN1CCOCC1. The fourth-order valence-electron chi connectivity index (χ4n) is 3.46. The van der Waals surface area contributed by atoms with Crippen molar-refractivity contribution in [2.45, 2.75) is 6.54 Å². The average Bonchev–Trinajstić information content (AvgIpc) is 3.18. The van der Waals surface area contributed by atoms with E-state index in [1.165, 1.54) is 4.68 Å². The van der Waals surface area contributed by atoms with Gasteiger partial charge < -0.3 is 20.3 Å². The van der Waals surface area contributed by atoms with Gasteiger partial charge in [-0.1, -0.05) is 24.3 Å². The van der Waals surface area contributed by atoms with E-state index in [2.05, 4.69) is 20.3 Å². The second-order valence-corrected chi connectivity index (χ2v) is 7.25. The van der Waals surface area contributed by atoms with Crippen molar-refractivity contribution in [3.05, 3.63) is 48.5 Å².